The van der Waals surface area contributed by atoms with Crippen LogP contribution in [0.5, 0.6) is 0 Å². The molecule has 1 aromatic carbocycles. The van der Waals surface area contributed by atoms with Gasteiger partial charge in [-0.1, -0.05) is 43.8 Å². The molecule has 0 saturated carbocycles. The Morgan fingerprint density at radius 2 is 2.09 bits per heavy atom. The van der Waals surface area contributed by atoms with Crippen molar-refractivity contribution in [3.8, 4) is 0 Å². The van der Waals surface area contributed by atoms with Crippen molar-refractivity contribution in [3.05, 3.63) is 58.2 Å². The van der Waals surface area contributed by atoms with E-state index in [1.807, 2.05) is 38.1 Å². The van der Waals surface area contributed by atoms with Crippen molar-refractivity contribution in [1.82, 2.24) is 9.97 Å². The first kappa shape index (κ1) is 15.6. The van der Waals surface area contributed by atoms with E-state index < -0.39 is 0 Å². The molecule has 0 spiro atoms. The Kier molecular flexibility index (Phi) is 4.34. The van der Waals surface area contributed by atoms with Crippen LogP contribution in [0, 0.1) is 0 Å². The standard InChI is InChI=1S/C17H16N2O3S/c1-10(2)12-8-16(21)19-17(18-12)23-9-13(20)15-7-11-5-3-4-6-14(11)22-15/h3-8,10H,9H2,1-2H3,(H,18,19,21). The molecule has 6 heteroatoms. The van der Waals surface area contributed by atoms with E-state index in [0.717, 1.165) is 5.39 Å². The summed E-state index contributed by atoms with van der Waals surface area (Å²) in [6.45, 7) is 3.94. The number of carbonyl (C=O) groups is 1. The van der Waals surface area contributed by atoms with Crippen LogP contribution in [0.4, 0.5) is 0 Å². The molecule has 2 aromatic heterocycles. The number of benzene rings is 1. The minimum absolute atomic E-state index is 0.135. The normalized spacial score (nSPS) is 11.3. The number of aromatic nitrogens is 2. The van der Waals surface area contributed by atoms with E-state index >= 15 is 0 Å². The number of hydrogen-bond donors (Lipinski definition) is 1. The van der Waals surface area contributed by atoms with Crippen LogP contribution in [0.25, 0.3) is 11.0 Å². The molecule has 0 radical (unpaired) electrons. The second-order valence-electron chi connectivity index (χ2n) is 5.49. The lowest BCUT2D eigenvalue weighted by atomic mass is 10.1. The van der Waals surface area contributed by atoms with Gasteiger partial charge in [-0.05, 0) is 18.1 Å². The number of fused-ring (bicyclic) bond motifs is 1. The van der Waals surface area contributed by atoms with Crippen molar-refractivity contribution in [2.75, 3.05) is 5.75 Å². The first-order valence-electron chi connectivity index (χ1n) is 7.29. The van der Waals surface area contributed by atoms with Crippen molar-refractivity contribution < 1.29 is 9.21 Å². The fourth-order valence-electron chi connectivity index (χ4n) is 2.14. The number of H-pyrrole nitrogens is 1. The van der Waals surface area contributed by atoms with Gasteiger partial charge in [0.05, 0.1) is 11.4 Å². The molecule has 5 nitrogen and oxygen atoms in total. The van der Waals surface area contributed by atoms with Crippen molar-refractivity contribution in [2.24, 2.45) is 0 Å². The smallest absolute Gasteiger partial charge is 0.251 e. The van der Waals surface area contributed by atoms with E-state index in [2.05, 4.69) is 9.97 Å². The molecule has 0 amide bonds. The van der Waals surface area contributed by atoms with E-state index in [9.17, 15) is 9.59 Å². The largest absolute Gasteiger partial charge is 0.453 e. The van der Waals surface area contributed by atoms with E-state index in [4.69, 9.17) is 4.42 Å². The summed E-state index contributed by atoms with van der Waals surface area (Å²) < 4.78 is 5.55. The average molecular weight is 328 g/mol. The topological polar surface area (TPSA) is 76.0 Å². The zero-order valence-corrected chi connectivity index (χ0v) is 13.6. The first-order valence-corrected chi connectivity index (χ1v) is 8.27. The Balaban J connectivity index is 1.75. The van der Waals surface area contributed by atoms with Gasteiger partial charge in [0.2, 0.25) is 5.78 Å². The maximum Gasteiger partial charge on any atom is 0.251 e. The number of hydrogen-bond acceptors (Lipinski definition) is 5. The van der Waals surface area contributed by atoms with Gasteiger partial charge in [-0.2, -0.15) is 0 Å². The van der Waals surface area contributed by atoms with Crippen LogP contribution < -0.4 is 5.56 Å². The maximum absolute atomic E-state index is 12.3. The molecule has 0 bridgehead atoms. The molecule has 3 rings (SSSR count). The third kappa shape index (κ3) is 3.53. The quantitative estimate of drug-likeness (QED) is 0.440. The lowest BCUT2D eigenvalue weighted by molar-refractivity contribution is 0.0994. The lowest BCUT2D eigenvalue weighted by Gasteiger charge is -2.05. The Bertz CT molecular complexity index is 878. The minimum atomic E-state index is -0.206. The van der Waals surface area contributed by atoms with Gasteiger partial charge in [0.25, 0.3) is 5.56 Å². The van der Waals surface area contributed by atoms with Crippen LogP contribution in [0.2, 0.25) is 0 Å². The number of rotatable bonds is 5. The number of para-hydroxylation sites is 1. The van der Waals surface area contributed by atoms with Crippen LogP contribution in [0.15, 0.2) is 50.8 Å². The highest BCUT2D eigenvalue weighted by Crippen LogP contribution is 2.22. The van der Waals surface area contributed by atoms with Crippen molar-refractivity contribution in [3.63, 3.8) is 0 Å². The second-order valence-corrected chi connectivity index (χ2v) is 6.45. The molecule has 1 N–H and O–H groups in total. The molecule has 2 heterocycles. The van der Waals surface area contributed by atoms with Gasteiger partial charge in [-0.3, -0.25) is 9.59 Å². The Morgan fingerprint density at radius 3 is 2.83 bits per heavy atom. The summed E-state index contributed by atoms with van der Waals surface area (Å²) in [7, 11) is 0. The summed E-state index contributed by atoms with van der Waals surface area (Å²) in [5.74, 6) is 0.497. The number of carbonyl (C=O) groups excluding carboxylic acids is 1. The number of thioether (sulfide) groups is 1. The summed E-state index contributed by atoms with van der Waals surface area (Å²) in [5.41, 5.74) is 1.20. The highest BCUT2D eigenvalue weighted by Gasteiger charge is 2.14. The van der Waals surface area contributed by atoms with E-state index in [-0.39, 0.29) is 23.0 Å². The summed E-state index contributed by atoms with van der Waals surface area (Å²) >= 11 is 1.20. The first-order chi connectivity index (χ1) is 11.0. The van der Waals surface area contributed by atoms with Gasteiger partial charge in [0, 0.05) is 11.5 Å². The van der Waals surface area contributed by atoms with Crippen molar-refractivity contribution >= 4 is 28.5 Å². The van der Waals surface area contributed by atoms with Gasteiger partial charge < -0.3 is 9.40 Å². The zero-order valence-electron chi connectivity index (χ0n) is 12.8. The number of aromatic amines is 1. The summed E-state index contributed by atoms with van der Waals surface area (Å²) in [5, 5.41) is 1.35. The SMILES string of the molecule is CC(C)c1cc(=O)[nH]c(SCC(=O)c2cc3ccccc3o2)n1. The third-order valence-electron chi connectivity index (χ3n) is 3.37. The summed E-state index contributed by atoms with van der Waals surface area (Å²) in [4.78, 5) is 30.9. The predicted molar refractivity (Wildman–Crippen MR) is 90.2 cm³/mol. The van der Waals surface area contributed by atoms with Crippen LogP contribution in [-0.4, -0.2) is 21.5 Å². The minimum Gasteiger partial charge on any atom is -0.453 e. The average Bonchev–Trinajstić information content (AvgIpc) is 2.96. The molecule has 0 aliphatic heterocycles. The Labute approximate surface area is 137 Å². The molecule has 0 unspecified atom stereocenters. The monoisotopic (exact) mass is 328 g/mol. The van der Waals surface area contributed by atoms with Gasteiger partial charge >= 0.3 is 0 Å². The van der Waals surface area contributed by atoms with Gasteiger partial charge in [0.1, 0.15) is 5.58 Å². The molecule has 0 saturated heterocycles. The van der Waals surface area contributed by atoms with Gasteiger partial charge in [-0.25, -0.2) is 4.98 Å². The molecular weight excluding hydrogens is 312 g/mol. The number of ketones is 1. The van der Waals surface area contributed by atoms with Crippen molar-refractivity contribution in [1.29, 1.82) is 0 Å². The number of nitrogens with one attached hydrogen (secondary N) is 1. The number of furan rings is 1. The van der Waals surface area contributed by atoms with Crippen LogP contribution in [0.1, 0.15) is 36.0 Å². The molecule has 0 fully saturated rings. The fraction of sp³-hybridized carbons (Fsp3) is 0.235. The highest BCUT2D eigenvalue weighted by molar-refractivity contribution is 7.99. The fourth-order valence-corrected chi connectivity index (χ4v) is 2.89. The summed E-state index contributed by atoms with van der Waals surface area (Å²) in [6, 6.07) is 10.7. The molecule has 0 aliphatic carbocycles. The molecule has 0 aliphatic rings. The number of nitrogens with zero attached hydrogens (tertiary/aromatic N) is 1. The van der Waals surface area contributed by atoms with Crippen LogP contribution >= 0.6 is 11.8 Å². The molecule has 23 heavy (non-hydrogen) atoms. The van der Waals surface area contributed by atoms with Crippen LogP contribution in [-0.2, 0) is 0 Å². The van der Waals surface area contributed by atoms with Crippen LogP contribution in [0.3, 0.4) is 0 Å². The predicted octanol–water partition coefficient (Wildman–Crippen LogP) is 3.61. The third-order valence-corrected chi connectivity index (χ3v) is 4.24. The lowest BCUT2D eigenvalue weighted by Crippen LogP contribution is -2.12. The molecule has 3 aromatic rings. The molecule has 118 valence electrons. The maximum atomic E-state index is 12.3. The molecule has 0 atom stereocenters. The zero-order chi connectivity index (χ0) is 16.4. The highest BCUT2D eigenvalue weighted by atomic mass is 32.2. The molecular formula is C17H16N2O3S. The summed E-state index contributed by atoms with van der Waals surface area (Å²) in [6.07, 6.45) is 0. The van der Waals surface area contributed by atoms with Gasteiger partial charge in [0.15, 0.2) is 10.9 Å². The van der Waals surface area contributed by atoms with E-state index in [1.54, 1.807) is 6.07 Å². The van der Waals surface area contributed by atoms with Crippen molar-refractivity contribution in [2.45, 2.75) is 24.9 Å². The van der Waals surface area contributed by atoms with E-state index in [0.29, 0.717) is 22.2 Å². The van der Waals surface area contributed by atoms with Gasteiger partial charge in [-0.15, -0.1) is 0 Å². The second kappa shape index (κ2) is 6.42. The number of Topliss-reactive ketones (excluding diaryl/α,β-unsaturated/α-hetero) is 1. The van der Waals surface area contributed by atoms with E-state index in [1.165, 1.54) is 17.8 Å². The Morgan fingerprint density at radius 1 is 1.30 bits per heavy atom. The Hall–Kier alpha value is -2.34.